The molecule has 0 aliphatic heterocycles. The van der Waals surface area contributed by atoms with Crippen molar-refractivity contribution < 1.29 is 4.74 Å². The van der Waals surface area contributed by atoms with Crippen LogP contribution in [0.15, 0.2) is 24.3 Å². The third-order valence-electron chi connectivity index (χ3n) is 3.53. The molecule has 0 aromatic heterocycles. The monoisotopic (exact) mass is 275 g/mol. The maximum atomic E-state index is 8.81. The van der Waals surface area contributed by atoms with Crippen molar-refractivity contribution >= 4 is 0 Å². The summed E-state index contributed by atoms with van der Waals surface area (Å²) >= 11 is 0. The summed E-state index contributed by atoms with van der Waals surface area (Å²) < 4.78 is 5.29. The molecule has 0 aliphatic carbocycles. The molecule has 0 saturated carbocycles. The highest BCUT2D eigenvalue weighted by molar-refractivity contribution is 5.30. The first kappa shape index (κ1) is 16.5. The molecule has 4 heteroatoms. The highest BCUT2D eigenvalue weighted by Crippen LogP contribution is 2.22. The molecule has 0 heterocycles. The van der Waals surface area contributed by atoms with E-state index in [9.17, 15) is 0 Å². The lowest BCUT2D eigenvalue weighted by atomic mass is 10.0. The van der Waals surface area contributed by atoms with Gasteiger partial charge < -0.3 is 15.0 Å². The number of rotatable bonds is 8. The zero-order valence-corrected chi connectivity index (χ0v) is 12.9. The highest BCUT2D eigenvalue weighted by atomic mass is 16.5. The van der Waals surface area contributed by atoms with Gasteiger partial charge in [0.15, 0.2) is 0 Å². The lowest BCUT2D eigenvalue weighted by Crippen LogP contribution is -2.36. The Labute approximate surface area is 122 Å². The molecule has 4 nitrogen and oxygen atoms in total. The van der Waals surface area contributed by atoms with Crippen molar-refractivity contribution in [3.05, 3.63) is 29.8 Å². The number of nitrogens with zero attached hydrogens (tertiary/aromatic N) is 2. The first-order valence-corrected chi connectivity index (χ1v) is 7.03. The number of likely N-dealkylation sites (N-methyl/N-ethyl adjacent to an activating group) is 1. The van der Waals surface area contributed by atoms with Crippen molar-refractivity contribution in [3.63, 3.8) is 0 Å². The van der Waals surface area contributed by atoms with Crippen LogP contribution in [0.2, 0.25) is 0 Å². The number of benzene rings is 1. The largest absolute Gasteiger partial charge is 0.497 e. The van der Waals surface area contributed by atoms with Crippen LogP contribution >= 0.6 is 0 Å². The summed E-state index contributed by atoms with van der Waals surface area (Å²) in [5, 5.41) is 12.3. The summed E-state index contributed by atoms with van der Waals surface area (Å²) in [4.78, 5) is 2.18. The van der Waals surface area contributed by atoms with Crippen LogP contribution in [-0.4, -0.2) is 38.7 Å². The second-order valence-corrected chi connectivity index (χ2v) is 5.13. The van der Waals surface area contributed by atoms with E-state index >= 15 is 0 Å². The van der Waals surface area contributed by atoms with Gasteiger partial charge >= 0.3 is 0 Å². The molecule has 2 unspecified atom stereocenters. The van der Waals surface area contributed by atoms with E-state index in [1.54, 1.807) is 7.11 Å². The van der Waals surface area contributed by atoms with Crippen molar-refractivity contribution in [3.8, 4) is 11.8 Å². The standard InChI is InChI=1S/C16H25N3O/c1-5-14(9-10-17)18-12-16(19(2)3)13-7-6-8-15(11-13)20-4/h6-8,11,14,16,18H,5,9,12H2,1-4H3. The molecular weight excluding hydrogens is 250 g/mol. The highest BCUT2D eigenvalue weighted by Gasteiger charge is 2.16. The van der Waals surface area contributed by atoms with Crippen molar-refractivity contribution in [1.29, 1.82) is 5.26 Å². The molecule has 0 saturated heterocycles. The van der Waals surface area contributed by atoms with E-state index < -0.39 is 0 Å². The van der Waals surface area contributed by atoms with Crippen LogP contribution in [0, 0.1) is 11.3 Å². The normalized spacial score (nSPS) is 13.8. The number of hydrogen-bond donors (Lipinski definition) is 1. The molecule has 2 atom stereocenters. The second kappa shape index (κ2) is 8.57. The minimum absolute atomic E-state index is 0.257. The van der Waals surface area contributed by atoms with Crippen molar-refractivity contribution in [2.45, 2.75) is 31.8 Å². The average molecular weight is 275 g/mol. The first-order chi connectivity index (χ1) is 9.62. The molecule has 1 N–H and O–H groups in total. The van der Waals surface area contributed by atoms with Crippen molar-refractivity contribution in [2.24, 2.45) is 0 Å². The van der Waals surface area contributed by atoms with E-state index in [2.05, 4.69) is 49.4 Å². The number of methoxy groups -OCH3 is 1. The molecule has 20 heavy (non-hydrogen) atoms. The summed E-state index contributed by atoms with van der Waals surface area (Å²) in [7, 11) is 5.82. The van der Waals surface area contributed by atoms with Gasteiger partial charge in [-0.1, -0.05) is 19.1 Å². The number of hydrogen-bond acceptors (Lipinski definition) is 4. The topological polar surface area (TPSA) is 48.3 Å². The minimum atomic E-state index is 0.257. The van der Waals surface area contributed by atoms with E-state index in [-0.39, 0.29) is 12.1 Å². The van der Waals surface area contributed by atoms with Gasteiger partial charge in [0.1, 0.15) is 5.75 Å². The molecule has 0 aliphatic rings. The summed E-state index contributed by atoms with van der Waals surface area (Å²) in [6, 6.07) is 10.9. The fourth-order valence-corrected chi connectivity index (χ4v) is 2.20. The predicted molar refractivity (Wildman–Crippen MR) is 81.7 cm³/mol. The Hall–Kier alpha value is -1.57. The molecule has 0 bridgehead atoms. The molecule has 110 valence electrons. The van der Waals surface area contributed by atoms with E-state index in [1.165, 1.54) is 5.56 Å². The fourth-order valence-electron chi connectivity index (χ4n) is 2.20. The van der Waals surface area contributed by atoms with E-state index in [0.29, 0.717) is 6.42 Å². The Kier molecular flexibility index (Phi) is 7.06. The van der Waals surface area contributed by atoms with E-state index in [1.807, 2.05) is 12.1 Å². The first-order valence-electron chi connectivity index (χ1n) is 7.03. The van der Waals surface area contributed by atoms with Gasteiger partial charge in [-0.2, -0.15) is 5.26 Å². The van der Waals surface area contributed by atoms with Gasteiger partial charge in [0, 0.05) is 18.6 Å². The predicted octanol–water partition coefficient (Wildman–Crippen LogP) is 2.58. The van der Waals surface area contributed by atoms with Gasteiger partial charge in [0.25, 0.3) is 0 Å². The fraction of sp³-hybridized carbons (Fsp3) is 0.562. The SMILES string of the molecule is CCC(CC#N)NCC(c1cccc(OC)c1)N(C)C. The summed E-state index contributed by atoms with van der Waals surface area (Å²) in [5.74, 6) is 0.874. The van der Waals surface area contributed by atoms with Crippen LogP contribution < -0.4 is 10.1 Å². The van der Waals surface area contributed by atoms with Crippen LogP contribution in [0.3, 0.4) is 0 Å². The quantitative estimate of drug-likeness (QED) is 0.792. The second-order valence-electron chi connectivity index (χ2n) is 5.13. The van der Waals surface area contributed by atoms with Crippen LogP contribution in [0.1, 0.15) is 31.4 Å². The average Bonchev–Trinajstić information content (AvgIpc) is 2.46. The maximum absolute atomic E-state index is 8.81. The lowest BCUT2D eigenvalue weighted by molar-refractivity contribution is 0.277. The Morgan fingerprint density at radius 3 is 2.70 bits per heavy atom. The number of ether oxygens (including phenoxy) is 1. The molecular formula is C16H25N3O. The molecule has 0 spiro atoms. The third kappa shape index (κ3) is 4.84. The van der Waals surface area contributed by atoms with Gasteiger partial charge in [-0.15, -0.1) is 0 Å². The molecule has 1 aromatic carbocycles. The molecule has 1 aromatic rings. The van der Waals surface area contributed by atoms with Gasteiger partial charge in [0.05, 0.1) is 19.6 Å². The van der Waals surface area contributed by atoms with Crippen molar-refractivity contribution in [2.75, 3.05) is 27.7 Å². The van der Waals surface area contributed by atoms with Crippen molar-refractivity contribution in [1.82, 2.24) is 10.2 Å². The third-order valence-corrected chi connectivity index (χ3v) is 3.53. The summed E-state index contributed by atoms with van der Waals surface area (Å²) in [5.41, 5.74) is 1.22. The van der Waals surface area contributed by atoms with Gasteiger partial charge in [-0.3, -0.25) is 0 Å². The van der Waals surface area contributed by atoms with Crippen LogP contribution in [0.25, 0.3) is 0 Å². The van der Waals surface area contributed by atoms with Crippen LogP contribution in [-0.2, 0) is 0 Å². The van der Waals surface area contributed by atoms with Gasteiger partial charge in [0.2, 0.25) is 0 Å². The minimum Gasteiger partial charge on any atom is -0.497 e. The summed E-state index contributed by atoms with van der Waals surface area (Å²) in [6.07, 6.45) is 1.51. The number of nitriles is 1. The summed E-state index contributed by atoms with van der Waals surface area (Å²) in [6.45, 7) is 2.92. The smallest absolute Gasteiger partial charge is 0.119 e. The zero-order chi connectivity index (χ0) is 15.0. The lowest BCUT2D eigenvalue weighted by Gasteiger charge is -2.27. The van der Waals surface area contributed by atoms with E-state index in [4.69, 9.17) is 10.00 Å². The Bertz CT molecular complexity index is 440. The zero-order valence-electron chi connectivity index (χ0n) is 12.9. The van der Waals surface area contributed by atoms with Gasteiger partial charge in [-0.25, -0.2) is 0 Å². The Morgan fingerprint density at radius 1 is 1.40 bits per heavy atom. The molecule has 0 amide bonds. The Morgan fingerprint density at radius 2 is 2.15 bits per heavy atom. The van der Waals surface area contributed by atoms with Crippen LogP contribution in [0.5, 0.6) is 5.75 Å². The van der Waals surface area contributed by atoms with Crippen LogP contribution in [0.4, 0.5) is 0 Å². The Balaban J connectivity index is 2.76. The van der Waals surface area contributed by atoms with Gasteiger partial charge in [-0.05, 0) is 38.2 Å². The molecule has 1 rings (SSSR count). The molecule has 0 radical (unpaired) electrons. The molecule has 0 fully saturated rings. The maximum Gasteiger partial charge on any atom is 0.119 e. The number of nitrogens with one attached hydrogen (secondary N) is 1. The van der Waals surface area contributed by atoms with E-state index in [0.717, 1.165) is 18.7 Å².